The van der Waals surface area contributed by atoms with Crippen molar-refractivity contribution in [1.29, 1.82) is 0 Å². The lowest BCUT2D eigenvalue weighted by molar-refractivity contribution is -0.117. The monoisotopic (exact) mass is 405 g/mol. The van der Waals surface area contributed by atoms with Crippen LogP contribution in [0, 0.1) is 0 Å². The van der Waals surface area contributed by atoms with Crippen molar-refractivity contribution in [1.82, 2.24) is 9.47 Å². The Hall–Kier alpha value is -2.65. The van der Waals surface area contributed by atoms with Crippen molar-refractivity contribution in [2.24, 2.45) is 0 Å². The number of methoxy groups -OCH3 is 2. The number of anilines is 1. The normalized spacial score (nSPS) is 15.2. The van der Waals surface area contributed by atoms with Crippen molar-refractivity contribution < 1.29 is 23.9 Å². The summed E-state index contributed by atoms with van der Waals surface area (Å²) in [5.74, 6) is -0.971. The van der Waals surface area contributed by atoms with Gasteiger partial charge in [-0.1, -0.05) is 0 Å². The van der Waals surface area contributed by atoms with Crippen molar-refractivity contribution >= 4 is 34.9 Å². The zero-order valence-electron chi connectivity index (χ0n) is 15.8. The topological polar surface area (TPSA) is 89.9 Å². The third-order valence-electron chi connectivity index (χ3n) is 4.80. The number of ether oxygens (including phenoxy) is 2. The van der Waals surface area contributed by atoms with Crippen LogP contribution in [0.2, 0.25) is 0 Å². The van der Waals surface area contributed by atoms with Crippen LogP contribution in [0.1, 0.15) is 39.0 Å². The molecule has 3 rings (SSSR count). The molecular formula is C19H23N3O5S. The van der Waals surface area contributed by atoms with Crippen LogP contribution >= 0.6 is 11.3 Å². The number of aromatic nitrogens is 1. The minimum Gasteiger partial charge on any atom is -0.465 e. The Morgan fingerprint density at radius 3 is 2.54 bits per heavy atom. The molecule has 0 radical (unpaired) electrons. The molecule has 1 fully saturated rings. The summed E-state index contributed by atoms with van der Waals surface area (Å²) in [6.07, 6.45) is 3.56. The Morgan fingerprint density at radius 1 is 1.14 bits per heavy atom. The van der Waals surface area contributed by atoms with Crippen LogP contribution in [0.3, 0.4) is 0 Å². The summed E-state index contributed by atoms with van der Waals surface area (Å²) in [6.45, 7) is 1.73. The molecule has 0 bridgehead atoms. The maximum atomic E-state index is 12.4. The van der Waals surface area contributed by atoms with Crippen molar-refractivity contribution in [3.05, 3.63) is 40.3 Å². The van der Waals surface area contributed by atoms with Gasteiger partial charge in [-0.05, 0) is 36.4 Å². The van der Waals surface area contributed by atoms with Crippen LogP contribution < -0.4 is 5.32 Å². The number of hydrogen-bond donors (Lipinski definition) is 1. The van der Waals surface area contributed by atoms with Crippen LogP contribution in [0.5, 0.6) is 0 Å². The van der Waals surface area contributed by atoms with Gasteiger partial charge in [0, 0.05) is 25.3 Å². The highest BCUT2D eigenvalue weighted by molar-refractivity contribution is 7.12. The molecule has 0 spiro atoms. The Kier molecular flexibility index (Phi) is 6.48. The Balaban J connectivity index is 1.53. The quantitative estimate of drug-likeness (QED) is 0.743. The van der Waals surface area contributed by atoms with E-state index in [1.165, 1.54) is 25.6 Å². The number of nitrogens with zero attached hydrogens (tertiary/aromatic N) is 2. The van der Waals surface area contributed by atoms with Crippen molar-refractivity contribution in [2.75, 3.05) is 39.2 Å². The van der Waals surface area contributed by atoms with Gasteiger partial charge in [-0.25, -0.2) is 9.59 Å². The molecule has 8 nitrogen and oxygen atoms in total. The van der Waals surface area contributed by atoms with Gasteiger partial charge in [0.15, 0.2) is 0 Å². The zero-order chi connectivity index (χ0) is 20.1. The number of likely N-dealkylation sites (tertiary alicyclic amines) is 1. The second kappa shape index (κ2) is 9.03. The van der Waals surface area contributed by atoms with Gasteiger partial charge in [-0.3, -0.25) is 9.69 Å². The molecule has 0 atom stereocenters. The van der Waals surface area contributed by atoms with Gasteiger partial charge in [0.25, 0.3) is 0 Å². The average Bonchev–Trinajstić information content (AvgIpc) is 3.37. The molecule has 1 amide bonds. The maximum absolute atomic E-state index is 12.4. The second-order valence-corrected chi connectivity index (χ2v) is 7.42. The molecule has 2 aromatic heterocycles. The first-order valence-electron chi connectivity index (χ1n) is 8.96. The smallest absolute Gasteiger partial charge is 0.354 e. The summed E-state index contributed by atoms with van der Waals surface area (Å²) >= 11 is 1.23. The van der Waals surface area contributed by atoms with Crippen LogP contribution in [0.25, 0.3) is 0 Å². The maximum Gasteiger partial charge on any atom is 0.354 e. The average molecular weight is 405 g/mol. The molecular weight excluding hydrogens is 382 g/mol. The van der Waals surface area contributed by atoms with E-state index in [0.29, 0.717) is 16.3 Å². The van der Waals surface area contributed by atoms with Crippen molar-refractivity contribution in [3.8, 4) is 0 Å². The molecule has 0 aromatic carbocycles. The number of amides is 1. The van der Waals surface area contributed by atoms with Gasteiger partial charge in [0.05, 0.1) is 26.5 Å². The van der Waals surface area contributed by atoms with E-state index in [-0.39, 0.29) is 24.5 Å². The van der Waals surface area contributed by atoms with E-state index >= 15 is 0 Å². The predicted octanol–water partition coefficient (Wildman–Crippen LogP) is 2.40. The largest absolute Gasteiger partial charge is 0.465 e. The number of esters is 2. The predicted molar refractivity (Wildman–Crippen MR) is 105 cm³/mol. The summed E-state index contributed by atoms with van der Waals surface area (Å²) in [5.41, 5.74) is 1.03. The van der Waals surface area contributed by atoms with Crippen molar-refractivity contribution in [2.45, 2.75) is 18.9 Å². The molecule has 2 aromatic rings. The fourth-order valence-corrected chi connectivity index (χ4v) is 4.16. The third-order valence-corrected chi connectivity index (χ3v) is 5.70. The van der Waals surface area contributed by atoms with Crippen LogP contribution in [-0.4, -0.2) is 61.2 Å². The minimum atomic E-state index is -0.459. The summed E-state index contributed by atoms with van der Waals surface area (Å²) in [5, 5.41) is 4.53. The molecule has 1 N–H and O–H groups in total. The van der Waals surface area contributed by atoms with E-state index in [2.05, 4.69) is 10.2 Å². The van der Waals surface area contributed by atoms with Gasteiger partial charge in [0.2, 0.25) is 5.91 Å². The molecule has 150 valence electrons. The number of rotatable bonds is 6. The van der Waals surface area contributed by atoms with Gasteiger partial charge >= 0.3 is 11.9 Å². The fraction of sp³-hybridized carbons (Fsp3) is 0.421. The number of piperidine rings is 1. The highest BCUT2D eigenvalue weighted by Crippen LogP contribution is 2.26. The number of carbonyl (C=O) groups excluding carboxylic acids is 3. The van der Waals surface area contributed by atoms with Crippen LogP contribution in [0.4, 0.5) is 5.69 Å². The second-order valence-electron chi connectivity index (χ2n) is 6.50. The first-order valence-corrected chi connectivity index (χ1v) is 9.84. The molecule has 1 saturated heterocycles. The molecule has 1 aliphatic heterocycles. The SMILES string of the molecule is COC(=O)c1sccc1NC(=O)CN1CCC(n2cccc2C(=O)OC)CC1. The van der Waals surface area contributed by atoms with Gasteiger partial charge < -0.3 is 19.4 Å². The molecule has 0 unspecified atom stereocenters. The highest BCUT2D eigenvalue weighted by atomic mass is 32.1. The van der Waals surface area contributed by atoms with Crippen LogP contribution in [0.15, 0.2) is 29.8 Å². The van der Waals surface area contributed by atoms with Crippen molar-refractivity contribution in [3.63, 3.8) is 0 Å². The van der Waals surface area contributed by atoms with E-state index in [0.717, 1.165) is 25.9 Å². The Morgan fingerprint density at radius 2 is 1.86 bits per heavy atom. The minimum absolute atomic E-state index is 0.168. The summed E-state index contributed by atoms with van der Waals surface area (Å²) in [4.78, 5) is 38.4. The molecule has 3 heterocycles. The summed E-state index contributed by atoms with van der Waals surface area (Å²) < 4.78 is 11.5. The Bertz CT molecular complexity index is 851. The molecule has 9 heteroatoms. The number of thiophene rings is 1. The molecule has 0 aliphatic carbocycles. The Labute approximate surface area is 167 Å². The molecule has 0 saturated carbocycles. The van der Waals surface area contributed by atoms with Gasteiger partial charge in [-0.15, -0.1) is 11.3 Å². The number of nitrogens with one attached hydrogen (secondary N) is 1. The van der Waals surface area contributed by atoms with E-state index in [9.17, 15) is 14.4 Å². The fourth-order valence-electron chi connectivity index (χ4n) is 3.40. The standard InChI is InChI=1S/C19H23N3O5S/c1-26-18(24)15-4-3-8-22(15)13-5-9-21(10-6-13)12-16(23)20-14-7-11-28-17(14)19(25)27-2/h3-4,7-8,11,13H,5-6,9-10,12H2,1-2H3,(H,20,23). The first-order chi connectivity index (χ1) is 13.5. The lowest BCUT2D eigenvalue weighted by atomic mass is 10.0. The van der Waals surface area contributed by atoms with Gasteiger partial charge in [0.1, 0.15) is 10.6 Å². The summed E-state index contributed by atoms with van der Waals surface area (Å²) in [7, 11) is 2.69. The zero-order valence-corrected chi connectivity index (χ0v) is 16.7. The third kappa shape index (κ3) is 4.42. The van der Waals surface area contributed by atoms with Crippen LogP contribution in [-0.2, 0) is 14.3 Å². The lowest BCUT2D eigenvalue weighted by Crippen LogP contribution is -2.40. The van der Waals surface area contributed by atoms with E-state index in [1.54, 1.807) is 17.5 Å². The van der Waals surface area contributed by atoms with Gasteiger partial charge in [-0.2, -0.15) is 0 Å². The summed E-state index contributed by atoms with van der Waals surface area (Å²) in [6, 6.07) is 5.49. The first kappa shape index (κ1) is 20.1. The number of hydrogen-bond acceptors (Lipinski definition) is 7. The molecule has 1 aliphatic rings. The molecule has 28 heavy (non-hydrogen) atoms. The van der Waals surface area contributed by atoms with E-state index in [1.807, 2.05) is 16.8 Å². The number of carbonyl (C=O) groups is 3. The van der Waals surface area contributed by atoms with E-state index < -0.39 is 5.97 Å². The highest BCUT2D eigenvalue weighted by Gasteiger charge is 2.25. The lowest BCUT2D eigenvalue weighted by Gasteiger charge is -2.32. The van der Waals surface area contributed by atoms with E-state index in [4.69, 9.17) is 9.47 Å².